The van der Waals surface area contributed by atoms with Crippen LogP contribution < -0.4 is 5.32 Å². The molecule has 3 aliphatic heterocycles. The molecule has 1 spiro atoms. The third-order valence-electron chi connectivity index (χ3n) is 6.91. The monoisotopic (exact) mass is 381 g/mol. The van der Waals surface area contributed by atoms with Crippen molar-refractivity contribution in [2.75, 3.05) is 13.1 Å². The van der Waals surface area contributed by atoms with Gasteiger partial charge in [-0.05, 0) is 54.9 Å². The van der Waals surface area contributed by atoms with E-state index in [4.69, 9.17) is 0 Å². The molecule has 1 N–H and O–H groups in total. The quantitative estimate of drug-likeness (QED) is 0.786. The van der Waals surface area contributed by atoms with Gasteiger partial charge in [0.05, 0.1) is 0 Å². The Balaban J connectivity index is 1.34. The number of hydrogen-bond donors (Lipinski definition) is 1. The Hall–Kier alpha value is -2.70. The summed E-state index contributed by atoms with van der Waals surface area (Å²) in [6.45, 7) is 1.94. The minimum absolute atomic E-state index is 0.0264. The molecule has 0 radical (unpaired) electrons. The number of likely N-dealkylation sites (tertiary alicyclic amines) is 1. The first-order valence-electron chi connectivity index (χ1n) is 10.0. The number of nitrogens with one attached hydrogen (secondary N) is 1. The second-order valence-electron chi connectivity index (χ2n) is 8.60. The Kier molecular flexibility index (Phi) is 3.82. The van der Waals surface area contributed by atoms with Gasteiger partial charge >= 0.3 is 0 Å². The molecule has 1 atom stereocenters. The molecular formula is C21H23N3O4. The minimum Gasteiger partial charge on any atom is -0.338 e. The van der Waals surface area contributed by atoms with Gasteiger partial charge in [-0.15, -0.1) is 0 Å². The highest BCUT2D eigenvalue weighted by Crippen LogP contribution is 2.48. The fourth-order valence-corrected chi connectivity index (χ4v) is 5.08. The number of fused-ring (bicyclic) bond motifs is 1. The van der Waals surface area contributed by atoms with Crippen molar-refractivity contribution in [3.05, 3.63) is 34.9 Å². The summed E-state index contributed by atoms with van der Waals surface area (Å²) < 4.78 is 0. The van der Waals surface area contributed by atoms with Crippen LogP contribution in [0.3, 0.4) is 0 Å². The average Bonchev–Trinajstić information content (AvgIpc) is 3.24. The maximum Gasteiger partial charge on any atom is 0.255 e. The fourth-order valence-electron chi connectivity index (χ4n) is 5.08. The number of carbonyl (C=O) groups excluding carboxylic acids is 4. The number of amides is 4. The van der Waals surface area contributed by atoms with Crippen molar-refractivity contribution in [1.82, 2.24) is 15.1 Å². The van der Waals surface area contributed by atoms with Crippen LogP contribution in [-0.2, 0) is 16.1 Å². The van der Waals surface area contributed by atoms with E-state index in [0.717, 1.165) is 25.1 Å². The van der Waals surface area contributed by atoms with Crippen LogP contribution >= 0.6 is 0 Å². The molecule has 7 nitrogen and oxygen atoms in total. The lowest BCUT2D eigenvalue weighted by atomic mass is 9.68. The molecule has 146 valence electrons. The predicted molar refractivity (Wildman–Crippen MR) is 99.3 cm³/mol. The largest absolute Gasteiger partial charge is 0.338 e. The summed E-state index contributed by atoms with van der Waals surface area (Å²) in [5, 5.41) is 2.31. The summed E-state index contributed by atoms with van der Waals surface area (Å²) in [5.74, 6) is -0.902. The van der Waals surface area contributed by atoms with E-state index in [1.165, 1.54) is 24.2 Å². The van der Waals surface area contributed by atoms with Crippen molar-refractivity contribution in [2.45, 2.75) is 51.1 Å². The van der Waals surface area contributed by atoms with Crippen LogP contribution in [0.5, 0.6) is 0 Å². The van der Waals surface area contributed by atoms with E-state index >= 15 is 0 Å². The first kappa shape index (κ1) is 17.4. The molecule has 28 heavy (non-hydrogen) atoms. The lowest BCUT2D eigenvalue weighted by molar-refractivity contribution is -0.136. The molecule has 7 heteroatoms. The van der Waals surface area contributed by atoms with Crippen molar-refractivity contribution < 1.29 is 19.2 Å². The highest BCUT2D eigenvalue weighted by molar-refractivity contribution is 6.06. The Bertz CT molecular complexity index is 905. The van der Waals surface area contributed by atoms with Crippen molar-refractivity contribution in [2.24, 2.45) is 5.41 Å². The molecule has 4 amide bonds. The van der Waals surface area contributed by atoms with E-state index < -0.39 is 11.9 Å². The van der Waals surface area contributed by atoms with E-state index in [2.05, 4.69) is 5.32 Å². The van der Waals surface area contributed by atoms with Crippen LogP contribution in [0, 0.1) is 5.41 Å². The number of hydrogen-bond acceptors (Lipinski definition) is 4. The molecule has 2 saturated heterocycles. The molecule has 1 aromatic carbocycles. The summed E-state index contributed by atoms with van der Waals surface area (Å²) in [6, 6.07) is 4.59. The third kappa shape index (κ3) is 2.64. The number of rotatable bonds is 2. The van der Waals surface area contributed by atoms with E-state index in [-0.39, 0.29) is 24.1 Å². The van der Waals surface area contributed by atoms with Gasteiger partial charge in [0.25, 0.3) is 11.8 Å². The van der Waals surface area contributed by atoms with E-state index in [1.807, 2.05) is 4.90 Å². The van der Waals surface area contributed by atoms with Crippen molar-refractivity contribution in [3.8, 4) is 0 Å². The van der Waals surface area contributed by atoms with Gasteiger partial charge in [-0.2, -0.15) is 0 Å². The van der Waals surface area contributed by atoms with E-state index in [1.54, 1.807) is 18.2 Å². The molecule has 5 rings (SSSR count). The average molecular weight is 381 g/mol. The Labute approximate surface area is 163 Å². The van der Waals surface area contributed by atoms with Gasteiger partial charge in [0.15, 0.2) is 0 Å². The normalized spacial score (nSPS) is 25.7. The van der Waals surface area contributed by atoms with Gasteiger partial charge in [-0.3, -0.25) is 24.5 Å². The zero-order valence-corrected chi connectivity index (χ0v) is 15.7. The summed E-state index contributed by atoms with van der Waals surface area (Å²) in [4.78, 5) is 52.7. The van der Waals surface area contributed by atoms with Crippen molar-refractivity contribution >= 4 is 23.6 Å². The van der Waals surface area contributed by atoms with Gasteiger partial charge in [-0.1, -0.05) is 6.42 Å². The fraction of sp³-hybridized carbons (Fsp3) is 0.524. The Morgan fingerprint density at radius 1 is 1.14 bits per heavy atom. The molecule has 1 unspecified atom stereocenters. The topological polar surface area (TPSA) is 86.8 Å². The maximum absolute atomic E-state index is 13.0. The number of nitrogens with zero attached hydrogens (tertiary/aromatic N) is 2. The predicted octanol–water partition coefficient (Wildman–Crippen LogP) is 1.46. The van der Waals surface area contributed by atoms with Crippen molar-refractivity contribution in [1.29, 1.82) is 0 Å². The SMILES string of the molecule is O=C1CCC(N2Cc3cc(C(=O)N4CCC5(CCC5)C4)ccc3C2=O)C(=O)N1. The molecule has 3 fully saturated rings. The van der Waals surface area contributed by atoms with Crippen LogP contribution in [-0.4, -0.2) is 52.6 Å². The molecule has 1 saturated carbocycles. The van der Waals surface area contributed by atoms with Gasteiger partial charge in [0.1, 0.15) is 6.04 Å². The standard InChI is InChI=1S/C21H23N3O4/c25-17-5-4-16(18(26)22-17)24-11-14-10-13(2-3-15(14)20(24)28)19(27)23-9-8-21(12-23)6-1-7-21/h2-3,10,16H,1,4-9,11-12H2,(H,22,25,26). The van der Waals surface area contributed by atoms with Crippen LogP contribution in [0.15, 0.2) is 18.2 Å². The van der Waals surface area contributed by atoms with Crippen LogP contribution in [0.2, 0.25) is 0 Å². The highest BCUT2D eigenvalue weighted by atomic mass is 16.2. The summed E-state index contributed by atoms with van der Waals surface area (Å²) >= 11 is 0. The van der Waals surface area contributed by atoms with Crippen LogP contribution in [0.4, 0.5) is 0 Å². The van der Waals surface area contributed by atoms with E-state index in [9.17, 15) is 19.2 Å². The van der Waals surface area contributed by atoms with Gasteiger partial charge < -0.3 is 9.80 Å². The zero-order valence-electron chi connectivity index (χ0n) is 15.7. The second-order valence-corrected chi connectivity index (χ2v) is 8.60. The molecule has 0 bridgehead atoms. The van der Waals surface area contributed by atoms with Gasteiger partial charge in [-0.25, -0.2) is 0 Å². The molecular weight excluding hydrogens is 358 g/mol. The lowest BCUT2D eigenvalue weighted by Gasteiger charge is -2.37. The summed E-state index contributed by atoms with van der Waals surface area (Å²) in [7, 11) is 0. The molecule has 1 aromatic rings. The Morgan fingerprint density at radius 2 is 1.96 bits per heavy atom. The number of carbonyl (C=O) groups is 4. The highest BCUT2D eigenvalue weighted by Gasteiger charge is 2.44. The number of imide groups is 1. The smallest absolute Gasteiger partial charge is 0.255 e. The molecule has 3 heterocycles. The van der Waals surface area contributed by atoms with Crippen LogP contribution in [0.1, 0.15) is 64.8 Å². The summed E-state index contributed by atoms with van der Waals surface area (Å²) in [6.07, 6.45) is 5.36. The number of benzene rings is 1. The molecule has 0 aromatic heterocycles. The zero-order chi connectivity index (χ0) is 19.5. The van der Waals surface area contributed by atoms with Crippen molar-refractivity contribution in [3.63, 3.8) is 0 Å². The molecule has 4 aliphatic rings. The van der Waals surface area contributed by atoms with Crippen LogP contribution in [0.25, 0.3) is 0 Å². The Morgan fingerprint density at radius 3 is 2.64 bits per heavy atom. The third-order valence-corrected chi connectivity index (χ3v) is 6.91. The summed E-state index contributed by atoms with van der Waals surface area (Å²) in [5.41, 5.74) is 2.27. The van der Waals surface area contributed by atoms with E-state index in [0.29, 0.717) is 29.5 Å². The second kappa shape index (κ2) is 6.15. The van der Waals surface area contributed by atoms with Gasteiger partial charge in [0, 0.05) is 37.2 Å². The first-order chi connectivity index (χ1) is 13.5. The van der Waals surface area contributed by atoms with Gasteiger partial charge in [0.2, 0.25) is 11.8 Å². The molecule has 1 aliphatic carbocycles. The lowest BCUT2D eigenvalue weighted by Crippen LogP contribution is -2.52. The number of piperidine rings is 1. The first-order valence-corrected chi connectivity index (χ1v) is 10.0. The maximum atomic E-state index is 13.0. The minimum atomic E-state index is -0.631.